The zero-order chi connectivity index (χ0) is 24.1. The van der Waals surface area contributed by atoms with Crippen molar-refractivity contribution in [1.29, 1.82) is 0 Å². The number of aryl methyl sites for hydroxylation is 1. The maximum atomic E-state index is 12.8. The number of pyridine rings is 1. The molecule has 3 aromatic rings. The summed E-state index contributed by atoms with van der Waals surface area (Å²) in [6, 6.07) is 13.5. The Morgan fingerprint density at radius 2 is 1.71 bits per heavy atom. The number of ether oxygens (including phenoxy) is 1. The number of amides is 2. The topological polar surface area (TPSA) is 91.8 Å². The fourth-order valence-electron chi connectivity index (χ4n) is 3.57. The molecule has 2 aliphatic heterocycles. The maximum Gasteiger partial charge on any atom is 0.412 e. The van der Waals surface area contributed by atoms with Gasteiger partial charge in [-0.15, -0.1) is 0 Å². The van der Waals surface area contributed by atoms with Crippen molar-refractivity contribution < 1.29 is 14.3 Å². The predicted molar refractivity (Wildman–Crippen MR) is 128 cm³/mol. The van der Waals surface area contributed by atoms with Gasteiger partial charge in [-0.25, -0.2) is 19.7 Å². The van der Waals surface area contributed by atoms with E-state index in [1.807, 2.05) is 25.2 Å². The zero-order valence-electron chi connectivity index (χ0n) is 19.0. The summed E-state index contributed by atoms with van der Waals surface area (Å²) < 4.78 is 5.68. The molecule has 0 unspecified atom stereocenters. The Labute approximate surface area is 203 Å². The molecule has 9 nitrogen and oxygen atoms in total. The van der Waals surface area contributed by atoms with E-state index in [1.54, 1.807) is 17.0 Å². The molecule has 0 bridgehead atoms. The fourth-order valence-corrected chi connectivity index (χ4v) is 3.69. The second-order valence-corrected chi connectivity index (χ2v) is 8.42. The first-order valence-corrected chi connectivity index (χ1v) is 11.2. The molecule has 0 spiro atoms. The van der Waals surface area contributed by atoms with Crippen molar-refractivity contribution in [3.05, 3.63) is 83.0 Å². The summed E-state index contributed by atoms with van der Waals surface area (Å²) in [7, 11) is 2.00. The van der Waals surface area contributed by atoms with Crippen molar-refractivity contribution >= 4 is 29.4 Å². The van der Waals surface area contributed by atoms with Crippen LogP contribution in [0.4, 0.5) is 10.6 Å². The number of fused-ring (bicyclic) bond motifs is 1. The molecule has 2 aliphatic rings. The van der Waals surface area contributed by atoms with Gasteiger partial charge in [0.25, 0.3) is 5.91 Å². The molecule has 34 heavy (non-hydrogen) atoms. The molecule has 0 N–H and O–H groups in total. The van der Waals surface area contributed by atoms with Crippen molar-refractivity contribution in [3.63, 3.8) is 0 Å². The highest BCUT2D eigenvalue weighted by atomic mass is 35.5. The van der Waals surface area contributed by atoms with Gasteiger partial charge in [0.15, 0.2) is 5.69 Å². The standard InChI is InChI=1S/C17H17ClN6O3.C7H8/c1-22-6-8-23(9-7-22)17(26)27-16-14-13(19-4-5-20-14)15(25)24(16)12-3-2-11(18)10-21-12;1-7-5-3-2-4-6-7/h2-5,10,16H,6-9H2,1H3;2-6H,1H3/t16-;/m0./s1. The van der Waals surface area contributed by atoms with Gasteiger partial charge in [-0.1, -0.05) is 47.5 Å². The third kappa shape index (κ3) is 5.32. The van der Waals surface area contributed by atoms with Gasteiger partial charge in [-0.05, 0) is 26.1 Å². The zero-order valence-corrected chi connectivity index (χ0v) is 19.7. The number of nitrogens with zero attached hydrogens (tertiary/aromatic N) is 6. The van der Waals surface area contributed by atoms with E-state index >= 15 is 0 Å². The average Bonchev–Trinajstić information content (AvgIpc) is 3.12. The first-order valence-electron chi connectivity index (χ1n) is 10.9. The highest BCUT2D eigenvalue weighted by Crippen LogP contribution is 2.35. The third-order valence-corrected chi connectivity index (χ3v) is 5.71. The molecule has 1 saturated heterocycles. The number of carbonyl (C=O) groups is 2. The molecule has 1 aromatic carbocycles. The van der Waals surface area contributed by atoms with Crippen molar-refractivity contribution in [3.8, 4) is 0 Å². The highest BCUT2D eigenvalue weighted by molar-refractivity contribution is 6.30. The van der Waals surface area contributed by atoms with Crippen LogP contribution in [-0.4, -0.2) is 70.0 Å². The van der Waals surface area contributed by atoms with E-state index in [9.17, 15) is 9.59 Å². The number of rotatable bonds is 2. The molecule has 1 atom stereocenters. The van der Waals surface area contributed by atoms with Gasteiger partial charge in [0.05, 0.1) is 5.02 Å². The van der Waals surface area contributed by atoms with E-state index in [-0.39, 0.29) is 5.69 Å². The molecule has 0 saturated carbocycles. The van der Waals surface area contributed by atoms with Crippen LogP contribution in [0, 0.1) is 6.92 Å². The first kappa shape index (κ1) is 23.6. The Kier molecular flexibility index (Phi) is 7.34. The van der Waals surface area contributed by atoms with Crippen LogP contribution in [0.25, 0.3) is 0 Å². The number of aromatic nitrogens is 3. The molecule has 0 aliphatic carbocycles. The van der Waals surface area contributed by atoms with Crippen molar-refractivity contribution in [2.75, 3.05) is 38.1 Å². The summed E-state index contributed by atoms with van der Waals surface area (Å²) in [5.74, 6) is -0.121. The molecule has 2 aromatic heterocycles. The fraction of sp³-hybridized carbons (Fsp3) is 0.292. The lowest BCUT2D eigenvalue weighted by atomic mass is 10.2. The van der Waals surface area contributed by atoms with Crippen LogP contribution in [0.2, 0.25) is 5.02 Å². The van der Waals surface area contributed by atoms with Crippen LogP contribution in [0.5, 0.6) is 0 Å². The summed E-state index contributed by atoms with van der Waals surface area (Å²) in [5, 5.41) is 0.435. The number of benzene rings is 1. The molecule has 10 heteroatoms. The Morgan fingerprint density at radius 3 is 2.32 bits per heavy atom. The summed E-state index contributed by atoms with van der Waals surface area (Å²) in [4.78, 5) is 43.0. The van der Waals surface area contributed by atoms with Gasteiger partial charge >= 0.3 is 6.09 Å². The molecule has 0 radical (unpaired) electrons. The minimum absolute atomic E-state index is 0.144. The highest BCUT2D eigenvalue weighted by Gasteiger charge is 2.44. The molecule has 1 fully saturated rings. The number of likely N-dealkylation sites (N-methyl/N-ethyl adjacent to an activating group) is 1. The van der Waals surface area contributed by atoms with Gasteiger partial charge in [0.2, 0.25) is 6.23 Å². The van der Waals surface area contributed by atoms with Crippen LogP contribution in [0.3, 0.4) is 0 Å². The number of piperazine rings is 1. The number of halogens is 1. The van der Waals surface area contributed by atoms with Gasteiger partial charge < -0.3 is 14.5 Å². The summed E-state index contributed by atoms with van der Waals surface area (Å²) in [5.41, 5.74) is 1.76. The molecule has 5 rings (SSSR count). The molecular weight excluding hydrogens is 456 g/mol. The summed E-state index contributed by atoms with van der Waals surface area (Å²) >= 11 is 5.89. The Balaban J connectivity index is 0.000000336. The van der Waals surface area contributed by atoms with E-state index in [0.29, 0.717) is 29.6 Å². The van der Waals surface area contributed by atoms with Crippen molar-refractivity contribution in [1.82, 2.24) is 24.8 Å². The minimum Gasteiger partial charge on any atom is -0.419 e. The monoisotopic (exact) mass is 480 g/mol. The lowest BCUT2D eigenvalue weighted by Crippen LogP contribution is -2.48. The first-order chi connectivity index (χ1) is 16.4. The second kappa shape index (κ2) is 10.6. The van der Waals surface area contributed by atoms with Crippen LogP contribution < -0.4 is 4.90 Å². The predicted octanol–water partition coefficient (Wildman–Crippen LogP) is 3.56. The van der Waals surface area contributed by atoms with Crippen molar-refractivity contribution in [2.45, 2.75) is 13.2 Å². The summed E-state index contributed by atoms with van der Waals surface area (Å²) in [6.07, 6.45) is 2.78. The number of hydrogen-bond acceptors (Lipinski definition) is 7. The maximum absolute atomic E-state index is 12.8. The molecular formula is C24H25ClN6O3. The summed E-state index contributed by atoms with van der Waals surface area (Å²) in [6.45, 7) is 4.72. The SMILES string of the molecule is CN1CCN(C(=O)O[C@H]2c3nccnc3C(=O)N2c2ccc(Cl)cn2)CC1.Cc1ccccc1. The van der Waals surface area contributed by atoms with Crippen LogP contribution in [0.1, 0.15) is 28.0 Å². The Bertz CT molecular complexity index is 1140. The lowest BCUT2D eigenvalue weighted by molar-refractivity contribution is 0.0476. The quantitative estimate of drug-likeness (QED) is 0.553. The number of hydrogen-bond donors (Lipinski definition) is 0. The van der Waals surface area contributed by atoms with Gasteiger partial charge in [-0.2, -0.15) is 0 Å². The van der Waals surface area contributed by atoms with E-state index in [0.717, 1.165) is 13.1 Å². The van der Waals surface area contributed by atoms with Gasteiger partial charge in [0.1, 0.15) is 11.5 Å². The van der Waals surface area contributed by atoms with Gasteiger partial charge in [-0.3, -0.25) is 9.78 Å². The third-order valence-electron chi connectivity index (χ3n) is 5.49. The largest absolute Gasteiger partial charge is 0.419 e. The normalized spacial score (nSPS) is 17.6. The van der Waals surface area contributed by atoms with E-state index in [1.165, 1.54) is 29.1 Å². The van der Waals surface area contributed by atoms with E-state index in [2.05, 4.69) is 38.9 Å². The van der Waals surface area contributed by atoms with E-state index in [4.69, 9.17) is 16.3 Å². The Hall–Kier alpha value is -3.56. The smallest absolute Gasteiger partial charge is 0.412 e. The lowest BCUT2D eigenvalue weighted by Gasteiger charge is -2.33. The average molecular weight is 481 g/mol. The van der Waals surface area contributed by atoms with Gasteiger partial charge in [0, 0.05) is 44.8 Å². The van der Waals surface area contributed by atoms with Crippen molar-refractivity contribution in [2.24, 2.45) is 0 Å². The second-order valence-electron chi connectivity index (χ2n) is 7.98. The van der Waals surface area contributed by atoms with Crippen LogP contribution >= 0.6 is 11.6 Å². The molecule has 4 heterocycles. The minimum atomic E-state index is -1.03. The number of anilines is 1. The van der Waals surface area contributed by atoms with E-state index < -0.39 is 18.2 Å². The number of carbonyl (C=O) groups excluding carboxylic acids is 2. The molecule has 176 valence electrons. The molecule has 2 amide bonds. The van der Waals surface area contributed by atoms with Crippen LogP contribution in [-0.2, 0) is 4.74 Å². The Morgan fingerprint density at radius 1 is 1.00 bits per heavy atom. The van der Waals surface area contributed by atoms with Crippen LogP contribution in [0.15, 0.2) is 61.1 Å².